The van der Waals surface area contributed by atoms with Crippen LogP contribution in [0.5, 0.6) is 0 Å². The first kappa shape index (κ1) is 16.6. The Morgan fingerprint density at radius 2 is 2.00 bits per heavy atom. The van der Waals surface area contributed by atoms with Crippen molar-refractivity contribution in [2.24, 2.45) is 5.92 Å². The Bertz CT molecular complexity index is 795. The monoisotopic (exact) mass is 328 g/mol. The molecule has 0 radical (unpaired) electrons. The molecule has 3 N–H and O–H groups in total. The van der Waals surface area contributed by atoms with Crippen LogP contribution in [0.3, 0.4) is 0 Å². The number of hydrogen-bond donors (Lipinski definition) is 3. The number of H-pyrrole nitrogens is 1. The number of carboxylic acids is 1. The second-order valence-corrected chi connectivity index (χ2v) is 7.64. The third kappa shape index (κ3) is 3.03. The predicted molar refractivity (Wildman–Crippen MR) is 93.1 cm³/mol. The summed E-state index contributed by atoms with van der Waals surface area (Å²) in [6, 6.07) is 5.96. The van der Waals surface area contributed by atoms with Gasteiger partial charge in [-0.25, -0.2) is 4.79 Å². The Hall–Kier alpha value is -2.30. The van der Waals surface area contributed by atoms with E-state index in [0.717, 1.165) is 35.7 Å². The third-order valence-electron chi connectivity index (χ3n) is 4.90. The lowest BCUT2D eigenvalue weighted by Crippen LogP contribution is -2.34. The van der Waals surface area contributed by atoms with Crippen LogP contribution in [-0.4, -0.2) is 22.0 Å². The normalized spacial score (nSPS) is 15.3. The second-order valence-electron chi connectivity index (χ2n) is 7.64. The number of benzene rings is 1. The number of fused-ring (bicyclic) bond motifs is 1. The molecule has 0 unspecified atom stereocenters. The van der Waals surface area contributed by atoms with Gasteiger partial charge in [0.25, 0.3) is 0 Å². The molecule has 1 amide bonds. The van der Waals surface area contributed by atoms with Crippen LogP contribution in [0.1, 0.15) is 61.6 Å². The van der Waals surface area contributed by atoms with Crippen LogP contribution in [0.2, 0.25) is 0 Å². The Morgan fingerprint density at radius 1 is 1.29 bits per heavy atom. The number of aromatic carboxylic acids is 1. The Labute approximate surface area is 141 Å². The molecule has 1 aliphatic rings. The molecule has 1 heterocycles. The maximum absolute atomic E-state index is 12.1. The highest BCUT2D eigenvalue weighted by Gasteiger charge is 2.26. The molecule has 0 aliphatic heterocycles. The minimum atomic E-state index is -1.00. The summed E-state index contributed by atoms with van der Waals surface area (Å²) in [7, 11) is 0. The van der Waals surface area contributed by atoms with Gasteiger partial charge in [0.1, 0.15) is 5.69 Å². The average molecular weight is 328 g/mol. The summed E-state index contributed by atoms with van der Waals surface area (Å²) in [5.74, 6) is -0.885. The fourth-order valence-electron chi connectivity index (χ4n) is 3.07. The van der Waals surface area contributed by atoms with Crippen molar-refractivity contribution in [1.29, 1.82) is 0 Å². The summed E-state index contributed by atoms with van der Waals surface area (Å²) in [4.78, 5) is 26.6. The molecular formula is C19H24N2O3. The molecule has 128 valence electrons. The van der Waals surface area contributed by atoms with Crippen molar-refractivity contribution >= 4 is 22.8 Å². The highest BCUT2D eigenvalue weighted by molar-refractivity contribution is 5.98. The molecule has 5 heteroatoms. The van der Waals surface area contributed by atoms with Crippen LogP contribution >= 0.6 is 0 Å². The summed E-state index contributed by atoms with van der Waals surface area (Å²) in [6.07, 6.45) is 2.96. The first-order chi connectivity index (χ1) is 11.3. The van der Waals surface area contributed by atoms with Gasteiger partial charge in [0, 0.05) is 28.9 Å². The summed E-state index contributed by atoms with van der Waals surface area (Å²) in [5.41, 5.74) is 2.70. The molecule has 0 saturated heterocycles. The molecule has 2 aromatic rings. The van der Waals surface area contributed by atoms with E-state index in [9.17, 15) is 14.7 Å². The second kappa shape index (κ2) is 5.96. The number of rotatable bonds is 4. The van der Waals surface area contributed by atoms with Crippen molar-refractivity contribution in [3.63, 3.8) is 0 Å². The van der Waals surface area contributed by atoms with Crippen molar-refractivity contribution in [1.82, 2.24) is 10.3 Å². The molecule has 0 spiro atoms. The SMILES string of the molecule is CC(C)(C)c1ccc2[nH]c(C(=O)O)c(CNC(=O)C3CCC3)c2c1. The molecule has 1 saturated carbocycles. The molecule has 1 aromatic heterocycles. The predicted octanol–water partition coefficient (Wildman–Crippen LogP) is 3.58. The van der Waals surface area contributed by atoms with Gasteiger partial charge in [-0.05, 0) is 36.0 Å². The van der Waals surface area contributed by atoms with Crippen LogP contribution in [0.4, 0.5) is 0 Å². The fourth-order valence-corrected chi connectivity index (χ4v) is 3.07. The number of carboxylic acid groups (broad SMARTS) is 1. The molecule has 0 bridgehead atoms. The van der Waals surface area contributed by atoms with Gasteiger partial charge in [0.2, 0.25) is 5.91 Å². The summed E-state index contributed by atoms with van der Waals surface area (Å²) in [5, 5.41) is 13.3. The zero-order valence-electron chi connectivity index (χ0n) is 14.4. The van der Waals surface area contributed by atoms with E-state index in [0.29, 0.717) is 5.56 Å². The fraction of sp³-hybridized carbons (Fsp3) is 0.474. The molecule has 5 nitrogen and oxygen atoms in total. The maximum Gasteiger partial charge on any atom is 0.352 e. The van der Waals surface area contributed by atoms with Crippen LogP contribution in [0.15, 0.2) is 18.2 Å². The van der Waals surface area contributed by atoms with Crippen molar-refractivity contribution in [3.8, 4) is 0 Å². The summed E-state index contributed by atoms with van der Waals surface area (Å²) >= 11 is 0. The Kier molecular flexibility index (Phi) is 4.11. The van der Waals surface area contributed by atoms with E-state index in [-0.39, 0.29) is 29.5 Å². The van der Waals surface area contributed by atoms with Crippen molar-refractivity contribution in [3.05, 3.63) is 35.0 Å². The van der Waals surface area contributed by atoms with Gasteiger partial charge in [0.15, 0.2) is 0 Å². The van der Waals surface area contributed by atoms with E-state index in [2.05, 4.69) is 31.1 Å². The highest BCUT2D eigenvalue weighted by atomic mass is 16.4. The number of hydrogen-bond acceptors (Lipinski definition) is 2. The topological polar surface area (TPSA) is 82.2 Å². The first-order valence-electron chi connectivity index (χ1n) is 8.43. The number of nitrogens with one attached hydrogen (secondary N) is 2. The molecule has 24 heavy (non-hydrogen) atoms. The van der Waals surface area contributed by atoms with Crippen molar-refractivity contribution in [2.45, 2.75) is 52.0 Å². The van der Waals surface area contributed by atoms with Gasteiger partial charge < -0.3 is 15.4 Å². The number of aromatic nitrogens is 1. The Morgan fingerprint density at radius 3 is 2.54 bits per heavy atom. The van der Waals surface area contributed by atoms with E-state index in [1.807, 2.05) is 18.2 Å². The van der Waals surface area contributed by atoms with Crippen molar-refractivity contribution < 1.29 is 14.7 Å². The zero-order valence-corrected chi connectivity index (χ0v) is 14.4. The quantitative estimate of drug-likeness (QED) is 0.802. The lowest BCUT2D eigenvalue weighted by molar-refractivity contribution is -0.127. The maximum atomic E-state index is 12.1. The van der Waals surface area contributed by atoms with Gasteiger partial charge in [-0.1, -0.05) is 33.3 Å². The van der Waals surface area contributed by atoms with E-state index in [1.54, 1.807) is 0 Å². The van der Waals surface area contributed by atoms with Crippen LogP contribution in [0, 0.1) is 5.92 Å². The largest absolute Gasteiger partial charge is 0.477 e. The zero-order chi connectivity index (χ0) is 17.5. The van der Waals surface area contributed by atoms with Gasteiger partial charge in [0.05, 0.1) is 0 Å². The summed E-state index contributed by atoms with van der Waals surface area (Å²) in [6.45, 7) is 6.61. The standard InChI is InChI=1S/C19H24N2O3/c1-19(2,3)12-7-8-15-13(9-12)14(16(21-15)18(23)24)10-20-17(22)11-5-4-6-11/h7-9,11,21H,4-6,10H2,1-3H3,(H,20,22)(H,23,24). The summed E-state index contributed by atoms with van der Waals surface area (Å²) < 4.78 is 0. The van der Waals surface area contributed by atoms with E-state index < -0.39 is 5.97 Å². The lowest BCUT2D eigenvalue weighted by atomic mass is 9.84. The minimum Gasteiger partial charge on any atom is -0.477 e. The number of aromatic amines is 1. The number of carbonyl (C=O) groups is 2. The van der Waals surface area contributed by atoms with Gasteiger partial charge in [-0.2, -0.15) is 0 Å². The van der Waals surface area contributed by atoms with E-state index in [4.69, 9.17) is 0 Å². The van der Waals surface area contributed by atoms with E-state index in [1.165, 1.54) is 0 Å². The number of amides is 1. The molecule has 1 aromatic carbocycles. The third-order valence-corrected chi connectivity index (χ3v) is 4.90. The van der Waals surface area contributed by atoms with Crippen LogP contribution in [0.25, 0.3) is 10.9 Å². The van der Waals surface area contributed by atoms with Gasteiger partial charge in [-0.3, -0.25) is 4.79 Å². The van der Waals surface area contributed by atoms with Crippen LogP contribution in [-0.2, 0) is 16.8 Å². The Balaban J connectivity index is 1.97. The van der Waals surface area contributed by atoms with Gasteiger partial charge >= 0.3 is 5.97 Å². The van der Waals surface area contributed by atoms with E-state index >= 15 is 0 Å². The highest BCUT2D eigenvalue weighted by Crippen LogP contribution is 2.30. The molecule has 0 atom stereocenters. The molecule has 1 aliphatic carbocycles. The molecular weight excluding hydrogens is 304 g/mol. The molecule has 3 rings (SSSR count). The number of carbonyl (C=O) groups excluding carboxylic acids is 1. The lowest BCUT2D eigenvalue weighted by Gasteiger charge is -2.24. The smallest absolute Gasteiger partial charge is 0.352 e. The van der Waals surface area contributed by atoms with Crippen LogP contribution < -0.4 is 5.32 Å². The molecule has 1 fully saturated rings. The van der Waals surface area contributed by atoms with Gasteiger partial charge in [-0.15, -0.1) is 0 Å². The van der Waals surface area contributed by atoms with Crippen molar-refractivity contribution in [2.75, 3.05) is 0 Å². The average Bonchev–Trinajstić information content (AvgIpc) is 2.80. The minimum absolute atomic E-state index is 0.0265. The first-order valence-corrected chi connectivity index (χ1v) is 8.43.